The summed E-state index contributed by atoms with van der Waals surface area (Å²) in [5.41, 5.74) is 2.70. The third-order valence-corrected chi connectivity index (χ3v) is 13.6. The summed E-state index contributed by atoms with van der Waals surface area (Å²) in [4.78, 5) is 0. The van der Waals surface area contributed by atoms with E-state index in [0.29, 0.717) is 0 Å². The molecular formula is C44H32ClP2Pd. The molecule has 0 fully saturated rings. The van der Waals surface area contributed by atoms with Crippen LogP contribution in [0.25, 0.3) is 32.7 Å². The van der Waals surface area contributed by atoms with E-state index in [1.54, 1.807) is 0 Å². The van der Waals surface area contributed by atoms with Crippen LogP contribution in [0, 0.1) is 0 Å². The Morgan fingerprint density at radius 2 is 0.542 bits per heavy atom. The summed E-state index contributed by atoms with van der Waals surface area (Å²) in [7, 11) is -1.70. The maximum absolute atomic E-state index is 2.42. The van der Waals surface area contributed by atoms with E-state index in [2.05, 4.69) is 194 Å². The molecule has 0 aliphatic carbocycles. The van der Waals surface area contributed by atoms with Gasteiger partial charge in [0.15, 0.2) is 0 Å². The number of hydrogen-bond acceptors (Lipinski definition) is 0. The molecule has 1 radical (unpaired) electrons. The number of benzene rings is 8. The second-order valence-corrected chi connectivity index (χ2v) is 15.7. The molecular weight excluding hydrogens is 732 g/mol. The van der Waals surface area contributed by atoms with Crippen molar-refractivity contribution in [2.24, 2.45) is 0 Å². The van der Waals surface area contributed by atoms with Gasteiger partial charge in [-0.2, -0.15) is 0 Å². The third-order valence-electron chi connectivity index (χ3n) is 8.60. The average Bonchev–Trinajstić information content (AvgIpc) is 3.14. The number of halogens is 1. The fraction of sp³-hybridized carbons (Fsp3) is 0. The standard InChI is InChI=1S/C44H32P2.ClH.Pd/c1-5-19-35(20-6-1)45(36-21-7-2-8-22-36)41-31-29-33-17-13-15-27-39(33)43(41)44-40-28-16-14-18-34(40)30-32-42(44)46(37-23-9-3-10-24-37)38-25-11-4-12-26-38;;/h1-32H;1H;/q;;+1/p-1. The van der Waals surface area contributed by atoms with Crippen molar-refractivity contribution >= 4 is 69.2 Å². The van der Waals surface area contributed by atoms with Gasteiger partial charge >= 0.3 is 20.4 Å². The zero-order valence-corrected chi connectivity index (χ0v) is 30.2. The molecule has 0 aliphatic rings. The molecule has 0 bridgehead atoms. The van der Waals surface area contributed by atoms with Crippen LogP contribution in [0.2, 0.25) is 0 Å². The largest absolute Gasteiger partial charge is 1.00 e. The van der Waals surface area contributed by atoms with Crippen LogP contribution in [-0.4, -0.2) is 0 Å². The topological polar surface area (TPSA) is 0 Å². The van der Waals surface area contributed by atoms with Gasteiger partial charge in [0.05, 0.1) is 0 Å². The Labute approximate surface area is 305 Å². The first-order valence-electron chi connectivity index (χ1n) is 15.7. The fourth-order valence-corrected chi connectivity index (χ4v) is 11.5. The predicted octanol–water partition coefficient (Wildman–Crippen LogP) is 6.18. The van der Waals surface area contributed by atoms with Crippen molar-refractivity contribution < 1.29 is 32.8 Å². The van der Waals surface area contributed by atoms with E-state index < -0.39 is 15.8 Å². The molecule has 0 N–H and O–H groups in total. The Kier molecular flexibility index (Phi) is 11.0. The summed E-state index contributed by atoms with van der Waals surface area (Å²) >= 11 is 0. The minimum absolute atomic E-state index is 0. The first-order valence-corrected chi connectivity index (χ1v) is 18.4. The first-order chi connectivity index (χ1) is 22.9. The maximum atomic E-state index is 2.42. The average molecular weight is 765 g/mol. The van der Waals surface area contributed by atoms with E-state index >= 15 is 0 Å². The van der Waals surface area contributed by atoms with Crippen LogP contribution in [0.3, 0.4) is 0 Å². The SMILES string of the molecule is [Cl-].[Pd+].c1ccc(P(c2ccccc2)c2ccc3ccccc3c2-c2c(P(c3ccccc3)c3ccccc3)ccc3ccccc23)cc1. The molecule has 0 spiro atoms. The van der Waals surface area contributed by atoms with Crippen LogP contribution >= 0.6 is 15.8 Å². The Balaban J connectivity index is 0.00000201. The molecule has 8 aromatic carbocycles. The van der Waals surface area contributed by atoms with Crippen molar-refractivity contribution in [3.05, 3.63) is 194 Å². The van der Waals surface area contributed by atoms with E-state index in [1.807, 2.05) is 0 Å². The fourth-order valence-electron chi connectivity index (χ4n) is 6.58. The van der Waals surface area contributed by atoms with Crippen LogP contribution in [0.15, 0.2) is 194 Å². The van der Waals surface area contributed by atoms with E-state index in [9.17, 15) is 0 Å². The molecule has 0 saturated carbocycles. The zero-order valence-electron chi connectivity index (χ0n) is 26.1. The molecule has 8 rings (SSSR count). The summed E-state index contributed by atoms with van der Waals surface area (Å²) in [5, 5.41) is 13.3. The van der Waals surface area contributed by atoms with Crippen molar-refractivity contribution in [2.45, 2.75) is 0 Å². The summed E-state index contributed by atoms with van der Waals surface area (Å²) in [6.45, 7) is 0. The molecule has 0 aromatic heterocycles. The first kappa shape index (κ1) is 34.0. The Morgan fingerprint density at radius 3 is 0.854 bits per heavy atom. The van der Waals surface area contributed by atoms with Gasteiger partial charge in [-0.05, 0) is 80.3 Å². The maximum Gasteiger partial charge on any atom is 1.00 e. The quantitative estimate of drug-likeness (QED) is 0.135. The molecule has 0 saturated heterocycles. The van der Waals surface area contributed by atoms with Gasteiger partial charge in [-0.1, -0.05) is 194 Å². The van der Waals surface area contributed by atoms with Crippen LogP contribution in [-0.2, 0) is 20.4 Å². The van der Waals surface area contributed by atoms with E-state index in [1.165, 1.54) is 64.5 Å². The van der Waals surface area contributed by atoms with Gasteiger partial charge in [-0.15, -0.1) is 0 Å². The van der Waals surface area contributed by atoms with Gasteiger partial charge in [0, 0.05) is 0 Å². The van der Waals surface area contributed by atoms with Gasteiger partial charge in [-0.3, -0.25) is 0 Å². The molecule has 0 nitrogen and oxygen atoms in total. The van der Waals surface area contributed by atoms with Crippen LogP contribution in [0.5, 0.6) is 0 Å². The number of fused-ring (bicyclic) bond motifs is 2. The summed E-state index contributed by atoms with van der Waals surface area (Å²) in [5.74, 6) is 0. The molecule has 0 heterocycles. The molecule has 48 heavy (non-hydrogen) atoms. The normalized spacial score (nSPS) is 11.0. The second kappa shape index (κ2) is 15.5. The van der Waals surface area contributed by atoms with E-state index in [4.69, 9.17) is 0 Å². The number of rotatable bonds is 7. The molecule has 4 heteroatoms. The molecule has 0 atom stereocenters. The van der Waals surface area contributed by atoms with Gasteiger partial charge in [0.1, 0.15) is 0 Å². The predicted molar refractivity (Wildman–Crippen MR) is 204 cm³/mol. The van der Waals surface area contributed by atoms with Crippen LogP contribution < -0.4 is 44.2 Å². The van der Waals surface area contributed by atoms with E-state index in [-0.39, 0.29) is 32.8 Å². The summed E-state index contributed by atoms with van der Waals surface area (Å²) in [6, 6.07) is 71.8. The van der Waals surface area contributed by atoms with Crippen molar-refractivity contribution in [3.63, 3.8) is 0 Å². The van der Waals surface area contributed by atoms with Crippen molar-refractivity contribution in [2.75, 3.05) is 0 Å². The van der Waals surface area contributed by atoms with Crippen molar-refractivity contribution in [3.8, 4) is 11.1 Å². The minimum Gasteiger partial charge on any atom is -1.00 e. The smallest absolute Gasteiger partial charge is 1.00 e. The molecule has 0 unspecified atom stereocenters. The van der Waals surface area contributed by atoms with Gasteiger partial charge in [-0.25, -0.2) is 0 Å². The molecule has 0 amide bonds. The van der Waals surface area contributed by atoms with Crippen LogP contribution in [0.4, 0.5) is 0 Å². The van der Waals surface area contributed by atoms with Gasteiger partial charge in [0.2, 0.25) is 0 Å². The van der Waals surface area contributed by atoms with Gasteiger partial charge < -0.3 is 12.4 Å². The Bertz CT molecular complexity index is 2020. The van der Waals surface area contributed by atoms with Crippen molar-refractivity contribution in [1.82, 2.24) is 0 Å². The molecule has 8 aromatic rings. The Hall–Kier alpha value is -3.91. The third kappa shape index (κ3) is 6.56. The monoisotopic (exact) mass is 763 g/mol. The zero-order chi connectivity index (χ0) is 30.7. The molecule has 0 aliphatic heterocycles. The summed E-state index contributed by atoms with van der Waals surface area (Å²) < 4.78 is 0. The summed E-state index contributed by atoms with van der Waals surface area (Å²) in [6.07, 6.45) is 0. The molecule has 235 valence electrons. The number of hydrogen-bond donors (Lipinski definition) is 0. The Morgan fingerprint density at radius 1 is 0.271 bits per heavy atom. The second-order valence-electron chi connectivity index (χ2n) is 11.4. The van der Waals surface area contributed by atoms with Crippen molar-refractivity contribution in [1.29, 1.82) is 0 Å². The van der Waals surface area contributed by atoms with E-state index in [0.717, 1.165) is 0 Å². The minimum atomic E-state index is -0.852. The van der Waals surface area contributed by atoms with Crippen LogP contribution in [0.1, 0.15) is 0 Å². The van der Waals surface area contributed by atoms with Gasteiger partial charge in [0.25, 0.3) is 0 Å².